The Kier molecular flexibility index (Phi) is 5.23. The van der Waals surface area contributed by atoms with Crippen LogP contribution in [0.15, 0.2) is 24.3 Å². The van der Waals surface area contributed by atoms with Crippen LogP contribution in [0.3, 0.4) is 0 Å². The zero-order valence-corrected chi connectivity index (χ0v) is 13.9. The number of carboxylic acid groups (broad SMARTS) is 2. The molecule has 7 nitrogen and oxygen atoms in total. The Balaban J connectivity index is 0.000000301. The lowest BCUT2D eigenvalue weighted by atomic mass is 10.1. The highest BCUT2D eigenvalue weighted by Crippen LogP contribution is 2.52. The number of ketones is 1. The van der Waals surface area contributed by atoms with Gasteiger partial charge in [0, 0.05) is 17.8 Å². The Hall–Kier alpha value is -2.41. The van der Waals surface area contributed by atoms with E-state index in [0.717, 1.165) is 43.6 Å². The zero-order chi connectivity index (χ0) is 17.9. The minimum atomic E-state index is -1.82. The fraction of sp³-hybridized carbons (Fsp3) is 0.471. The number of hydrogen-bond donors (Lipinski definition) is 2. The molecule has 1 spiro atoms. The van der Waals surface area contributed by atoms with Gasteiger partial charge in [-0.05, 0) is 52.0 Å². The molecule has 1 aliphatic heterocycles. The molecule has 1 heterocycles. The number of nitrogens with zero attached hydrogens (tertiary/aromatic N) is 2. The molecule has 1 aliphatic carbocycles. The molecule has 0 saturated heterocycles. The number of carbonyl (C=O) groups excluding carboxylic acids is 1. The summed E-state index contributed by atoms with van der Waals surface area (Å²) in [6.45, 7) is 2.06. The summed E-state index contributed by atoms with van der Waals surface area (Å²) < 4.78 is 0. The molecule has 0 amide bonds. The van der Waals surface area contributed by atoms with Gasteiger partial charge in [0.25, 0.3) is 0 Å². The molecular weight excluding hydrogens is 312 g/mol. The van der Waals surface area contributed by atoms with Gasteiger partial charge in [-0.1, -0.05) is 12.1 Å². The molecule has 3 rings (SSSR count). The second-order valence-corrected chi connectivity index (χ2v) is 6.30. The second-order valence-electron chi connectivity index (χ2n) is 6.30. The van der Waals surface area contributed by atoms with Crippen molar-refractivity contribution in [2.24, 2.45) is 0 Å². The number of hydrogen-bond acceptors (Lipinski definition) is 5. The van der Waals surface area contributed by atoms with E-state index < -0.39 is 11.9 Å². The molecule has 130 valence electrons. The SMILES string of the molecule is CN(C)CCCN1c2ccccc2C(=O)C12CC2.O=C(O)C(=O)O. The van der Waals surface area contributed by atoms with Crippen molar-refractivity contribution < 1.29 is 24.6 Å². The molecule has 0 atom stereocenters. The highest BCUT2D eigenvalue weighted by molar-refractivity contribution is 6.27. The number of Topliss-reactive ketones (excluding diaryl/α,β-unsaturated/α-hetero) is 1. The first kappa shape index (κ1) is 17.9. The molecule has 1 aromatic carbocycles. The first-order valence-corrected chi connectivity index (χ1v) is 7.82. The predicted octanol–water partition coefficient (Wildman–Crippen LogP) is 1.33. The minimum absolute atomic E-state index is 0.157. The van der Waals surface area contributed by atoms with Crippen molar-refractivity contribution in [1.29, 1.82) is 0 Å². The standard InChI is InChI=1S/C15H20N2O.C2H2O4/c1-16(2)10-5-11-17-13-7-4-3-6-12(13)14(18)15(17)8-9-15;3-1(4)2(5)6/h3-4,6-7H,5,8-11H2,1-2H3;(H,3,4)(H,5,6). The third kappa shape index (κ3) is 3.56. The van der Waals surface area contributed by atoms with Gasteiger partial charge in [0.1, 0.15) is 5.54 Å². The number of benzene rings is 1. The number of anilines is 1. The summed E-state index contributed by atoms with van der Waals surface area (Å²) in [5.74, 6) is -3.30. The van der Waals surface area contributed by atoms with Gasteiger partial charge in [-0.15, -0.1) is 0 Å². The van der Waals surface area contributed by atoms with Gasteiger partial charge >= 0.3 is 11.9 Å². The molecule has 2 aliphatic rings. The maximum Gasteiger partial charge on any atom is 0.414 e. The largest absolute Gasteiger partial charge is 0.473 e. The van der Waals surface area contributed by atoms with Crippen LogP contribution in [-0.4, -0.2) is 65.6 Å². The quantitative estimate of drug-likeness (QED) is 0.802. The van der Waals surface area contributed by atoms with Crippen molar-refractivity contribution in [1.82, 2.24) is 4.90 Å². The van der Waals surface area contributed by atoms with Crippen molar-refractivity contribution in [3.05, 3.63) is 29.8 Å². The summed E-state index contributed by atoms with van der Waals surface area (Å²) in [4.78, 5) is 35.2. The molecule has 0 bridgehead atoms. The summed E-state index contributed by atoms with van der Waals surface area (Å²) >= 11 is 0. The average Bonchev–Trinajstić information content (AvgIpc) is 3.28. The number of carboxylic acids is 2. The van der Waals surface area contributed by atoms with Crippen molar-refractivity contribution in [2.45, 2.75) is 24.8 Å². The maximum atomic E-state index is 12.4. The smallest absolute Gasteiger partial charge is 0.414 e. The first-order chi connectivity index (χ1) is 11.3. The fourth-order valence-corrected chi connectivity index (χ4v) is 3.00. The molecule has 1 saturated carbocycles. The van der Waals surface area contributed by atoms with E-state index in [1.54, 1.807) is 0 Å². The van der Waals surface area contributed by atoms with Gasteiger partial charge < -0.3 is 20.0 Å². The Morgan fingerprint density at radius 1 is 1.17 bits per heavy atom. The predicted molar refractivity (Wildman–Crippen MR) is 88.5 cm³/mol. The normalized spacial score (nSPS) is 16.6. The Bertz CT molecular complexity index is 640. The van der Waals surface area contributed by atoms with E-state index in [4.69, 9.17) is 19.8 Å². The maximum absolute atomic E-state index is 12.4. The average molecular weight is 334 g/mol. The molecule has 1 fully saturated rings. The number of carbonyl (C=O) groups is 3. The summed E-state index contributed by atoms with van der Waals surface area (Å²) in [6, 6.07) is 8.07. The van der Waals surface area contributed by atoms with Crippen LogP contribution in [0.25, 0.3) is 0 Å². The lowest BCUT2D eigenvalue weighted by molar-refractivity contribution is -0.159. The van der Waals surface area contributed by atoms with E-state index in [-0.39, 0.29) is 5.54 Å². The monoisotopic (exact) mass is 334 g/mol. The minimum Gasteiger partial charge on any atom is -0.473 e. The second kappa shape index (κ2) is 7.00. The Morgan fingerprint density at radius 3 is 2.25 bits per heavy atom. The third-order valence-electron chi connectivity index (χ3n) is 4.27. The number of rotatable bonds is 4. The van der Waals surface area contributed by atoms with Gasteiger partial charge in [0.2, 0.25) is 0 Å². The highest BCUT2D eigenvalue weighted by atomic mass is 16.4. The van der Waals surface area contributed by atoms with Gasteiger partial charge in [-0.3, -0.25) is 4.79 Å². The summed E-state index contributed by atoms with van der Waals surface area (Å²) in [7, 11) is 4.19. The van der Waals surface area contributed by atoms with Crippen molar-refractivity contribution >= 4 is 23.4 Å². The lowest BCUT2D eigenvalue weighted by Crippen LogP contribution is -2.39. The van der Waals surface area contributed by atoms with E-state index in [9.17, 15) is 4.79 Å². The Labute approximate surface area is 140 Å². The molecular formula is C17H22N2O5. The van der Waals surface area contributed by atoms with Gasteiger partial charge in [-0.2, -0.15) is 0 Å². The summed E-state index contributed by atoms with van der Waals surface area (Å²) in [6.07, 6.45) is 3.17. The molecule has 7 heteroatoms. The van der Waals surface area contributed by atoms with Crippen LogP contribution in [0.2, 0.25) is 0 Å². The lowest BCUT2D eigenvalue weighted by Gasteiger charge is -2.26. The van der Waals surface area contributed by atoms with Crippen molar-refractivity contribution in [3.8, 4) is 0 Å². The number of para-hydroxylation sites is 1. The highest BCUT2D eigenvalue weighted by Gasteiger charge is 2.59. The van der Waals surface area contributed by atoms with Crippen LogP contribution in [0, 0.1) is 0 Å². The molecule has 0 aromatic heterocycles. The molecule has 2 N–H and O–H groups in total. The summed E-state index contributed by atoms with van der Waals surface area (Å²) in [5, 5.41) is 14.8. The van der Waals surface area contributed by atoms with Crippen LogP contribution < -0.4 is 4.90 Å². The zero-order valence-electron chi connectivity index (χ0n) is 13.9. The van der Waals surface area contributed by atoms with E-state index in [1.165, 1.54) is 0 Å². The van der Waals surface area contributed by atoms with Crippen LogP contribution in [0.4, 0.5) is 5.69 Å². The van der Waals surface area contributed by atoms with E-state index >= 15 is 0 Å². The fourth-order valence-electron chi connectivity index (χ4n) is 3.00. The first-order valence-electron chi connectivity index (χ1n) is 7.82. The molecule has 0 radical (unpaired) electrons. The van der Waals surface area contributed by atoms with Gasteiger partial charge in [0.15, 0.2) is 5.78 Å². The topological polar surface area (TPSA) is 98.2 Å². The number of aliphatic carboxylic acids is 2. The molecule has 1 aromatic rings. The third-order valence-corrected chi connectivity index (χ3v) is 4.27. The van der Waals surface area contributed by atoms with Crippen molar-refractivity contribution in [2.75, 3.05) is 32.1 Å². The van der Waals surface area contributed by atoms with Crippen LogP contribution in [0.1, 0.15) is 29.6 Å². The molecule has 0 unspecified atom stereocenters. The van der Waals surface area contributed by atoms with Crippen LogP contribution in [-0.2, 0) is 9.59 Å². The van der Waals surface area contributed by atoms with Crippen molar-refractivity contribution in [3.63, 3.8) is 0 Å². The van der Waals surface area contributed by atoms with E-state index in [1.807, 2.05) is 18.2 Å². The van der Waals surface area contributed by atoms with E-state index in [2.05, 4.69) is 30.0 Å². The van der Waals surface area contributed by atoms with Gasteiger partial charge in [-0.25, -0.2) is 9.59 Å². The molecule has 24 heavy (non-hydrogen) atoms. The van der Waals surface area contributed by atoms with E-state index in [0.29, 0.717) is 5.78 Å². The summed E-state index contributed by atoms with van der Waals surface area (Å²) in [5.41, 5.74) is 1.93. The van der Waals surface area contributed by atoms with Gasteiger partial charge in [0.05, 0.1) is 0 Å². The van der Waals surface area contributed by atoms with Crippen LogP contribution in [0.5, 0.6) is 0 Å². The Morgan fingerprint density at radius 2 is 1.75 bits per heavy atom. The number of fused-ring (bicyclic) bond motifs is 1. The van der Waals surface area contributed by atoms with Crippen LogP contribution >= 0.6 is 0 Å².